The number of guanidine groups is 1. The molecule has 2 N–H and O–H groups in total. The molecule has 0 aliphatic rings. The third-order valence-electron chi connectivity index (χ3n) is 3.94. The summed E-state index contributed by atoms with van der Waals surface area (Å²) in [5.41, 5.74) is 2.18. The first kappa shape index (κ1) is 19.0. The van der Waals surface area contributed by atoms with Crippen molar-refractivity contribution >= 4 is 5.96 Å². The number of hydrogen-bond acceptors (Lipinski definition) is 3. The van der Waals surface area contributed by atoms with Crippen molar-refractivity contribution in [3.05, 3.63) is 42.3 Å². The summed E-state index contributed by atoms with van der Waals surface area (Å²) >= 11 is 0. The lowest BCUT2D eigenvalue weighted by Crippen LogP contribution is -2.42. The van der Waals surface area contributed by atoms with E-state index in [0.29, 0.717) is 23.9 Å². The first-order chi connectivity index (χ1) is 11.9. The van der Waals surface area contributed by atoms with Crippen LogP contribution in [-0.2, 0) is 6.54 Å². The largest absolute Gasteiger partial charge is 0.444 e. The SMILES string of the molecule is CN=C(NCc1coc(-c2ccccc2)n1)NC(C)CCC(C)(C)C. The highest BCUT2D eigenvalue weighted by Gasteiger charge is 2.13. The van der Waals surface area contributed by atoms with Crippen molar-refractivity contribution in [2.45, 2.75) is 53.1 Å². The van der Waals surface area contributed by atoms with Crippen LogP contribution in [0.3, 0.4) is 0 Å². The van der Waals surface area contributed by atoms with Gasteiger partial charge in [0, 0.05) is 18.7 Å². The van der Waals surface area contributed by atoms with Gasteiger partial charge in [0.15, 0.2) is 5.96 Å². The second-order valence-electron chi connectivity index (χ2n) is 7.58. The van der Waals surface area contributed by atoms with E-state index in [0.717, 1.165) is 23.6 Å². The maximum atomic E-state index is 5.56. The molecule has 136 valence electrons. The lowest BCUT2D eigenvalue weighted by Gasteiger charge is -2.22. The van der Waals surface area contributed by atoms with Crippen LogP contribution in [0.2, 0.25) is 0 Å². The topological polar surface area (TPSA) is 62.5 Å². The molecule has 2 aromatic rings. The molecular weight excluding hydrogens is 312 g/mol. The Morgan fingerprint density at radius 2 is 1.96 bits per heavy atom. The molecule has 25 heavy (non-hydrogen) atoms. The van der Waals surface area contributed by atoms with Crippen LogP contribution in [0.25, 0.3) is 11.5 Å². The van der Waals surface area contributed by atoms with E-state index in [9.17, 15) is 0 Å². The molecule has 5 heteroatoms. The number of aliphatic imine (C=N–C) groups is 1. The molecule has 1 aromatic carbocycles. The number of benzene rings is 1. The monoisotopic (exact) mass is 342 g/mol. The average molecular weight is 342 g/mol. The fraction of sp³-hybridized carbons (Fsp3) is 0.500. The normalized spacial score (nSPS) is 13.6. The van der Waals surface area contributed by atoms with E-state index < -0.39 is 0 Å². The van der Waals surface area contributed by atoms with Gasteiger partial charge in [-0.25, -0.2) is 4.98 Å². The number of nitrogens with zero attached hydrogens (tertiary/aromatic N) is 2. The molecule has 5 nitrogen and oxygen atoms in total. The molecule has 1 unspecified atom stereocenters. The van der Waals surface area contributed by atoms with E-state index >= 15 is 0 Å². The molecule has 0 spiro atoms. The minimum absolute atomic E-state index is 0.349. The van der Waals surface area contributed by atoms with E-state index in [1.54, 1.807) is 13.3 Å². The molecule has 1 atom stereocenters. The number of rotatable bonds is 6. The predicted octanol–water partition coefficient (Wildman–Crippen LogP) is 4.22. The molecule has 0 bridgehead atoms. The lowest BCUT2D eigenvalue weighted by molar-refractivity contribution is 0.346. The van der Waals surface area contributed by atoms with Gasteiger partial charge in [-0.05, 0) is 37.3 Å². The van der Waals surface area contributed by atoms with Gasteiger partial charge in [0.25, 0.3) is 0 Å². The molecule has 0 aliphatic heterocycles. The van der Waals surface area contributed by atoms with Crippen molar-refractivity contribution in [1.29, 1.82) is 0 Å². The fourth-order valence-electron chi connectivity index (χ4n) is 2.43. The highest BCUT2D eigenvalue weighted by molar-refractivity contribution is 5.79. The third kappa shape index (κ3) is 6.61. The van der Waals surface area contributed by atoms with Gasteiger partial charge in [-0.3, -0.25) is 4.99 Å². The Balaban J connectivity index is 1.84. The van der Waals surface area contributed by atoms with Crippen LogP contribution in [-0.4, -0.2) is 24.0 Å². The molecule has 1 heterocycles. The van der Waals surface area contributed by atoms with Crippen LogP contribution in [0.4, 0.5) is 0 Å². The van der Waals surface area contributed by atoms with Crippen molar-refractivity contribution in [2.24, 2.45) is 10.4 Å². The molecular formula is C20H30N4O. The molecule has 0 radical (unpaired) electrons. The highest BCUT2D eigenvalue weighted by atomic mass is 16.3. The Morgan fingerprint density at radius 1 is 1.24 bits per heavy atom. The van der Waals surface area contributed by atoms with E-state index in [4.69, 9.17) is 4.42 Å². The standard InChI is InChI=1S/C20H30N4O/c1-15(11-12-20(2,3)4)23-19(21-5)22-13-17-14-25-18(24-17)16-9-7-6-8-10-16/h6-10,14-15H,11-13H2,1-5H3,(H2,21,22,23). The minimum atomic E-state index is 0.349. The smallest absolute Gasteiger partial charge is 0.226 e. The van der Waals surface area contributed by atoms with E-state index in [2.05, 4.69) is 48.3 Å². The number of oxazole rings is 1. The summed E-state index contributed by atoms with van der Waals surface area (Å²) in [6.07, 6.45) is 3.96. The van der Waals surface area contributed by atoms with E-state index in [-0.39, 0.29) is 0 Å². The van der Waals surface area contributed by atoms with Gasteiger partial charge in [-0.2, -0.15) is 0 Å². The molecule has 0 saturated carbocycles. The summed E-state index contributed by atoms with van der Waals surface area (Å²) in [5.74, 6) is 1.42. The van der Waals surface area contributed by atoms with Gasteiger partial charge in [0.2, 0.25) is 5.89 Å². The minimum Gasteiger partial charge on any atom is -0.444 e. The summed E-state index contributed by atoms with van der Waals surface area (Å²) in [5, 5.41) is 6.72. The molecule has 0 amide bonds. The highest BCUT2D eigenvalue weighted by Crippen LogP contribution is 2.21. The Labute approximate surface area is 151 Å². The Hall–Kier alpha value is -2.30. The van der Waals surface area contributed by atoms with Gasteiger partial charge in [0.05, 0.1) is 12.2 Å². The van der Waals surface area contributed by atoms with Gasteiger partial charge in [0.1, 0.15) is 6.26 Å². The van der Waals surface area contributed by atoms with Gasteiger partial charge >= 0.3 is 0 Å². The first-order valence-electron chi connectivity index (χ1n) is 8.84. The van der Waals surface area contributed by atoms with Gasteiger partial charge in [-0.15, -0.1) is 0 Å². The molecule has 0 aliphatic carbocycles. The second kappa shape index (κ2) is 8.70. The zero-order valence-electron chi connectivity index (χ0n) is 16.0. The summed E-state index contributed by atoms with van der Waals surface area (Å²) in [6, 6.07) is 10.3. The summed E-state index contributed by atoms with van der Waals surface area (Å²) in [6.45, 7) is 9.55. The Bertz CT molecular complexity index is 671. The third-order valence-corrected chi connectivity index (χ3v) is 3.94. The van der Waals surface area contributed by atoms with Crippen molar-refractivity contribution < 1.29 is 4.42 Å². The molecule has 1 aromatic heterocycles. The fourth-order valence-corrected chi connectivity index (χ4v) is 2.43. The van der Waals surface area contributed by atoms with Crippen molar-refractivity contribution in [3.8, 4) is 11.5 Å². The summed E-state index contributed by atoms with van der Waals surface area (Å²) < 4.78 is 5.56. The van der Waals surface area contributed by atoms with E-state index in [1.807, 2.05) is 30.3 Å². The summed E-state index contributed by atoms with van der Waals surface area (Å²) in [4.78, 5) is 8.81. The summed E-state index contributed by atoms with van der Waals surface area (Å²) in [7, 11) is 1.78. The number of hydrogen-bond donors (Lipinski definition) is 2. The Morgan fingerprint density at radius 3 is 2.60 bits per heavy atom. The first-order valence-corrected chi connectivity index (χ1v) is 8.84. The van der Waals surface area contributed by atoms with Crippen LogP contribution in [0.5, 0.6) is 0 Å². The van der Waals surface area contributed by atoms with Crippen LogP contribution >= 0.6 is 0 Å². The molecule has 0 saturated heterocycles. The number of nitrogens with one attached hydrogen (secondary N) is 2. The van der Waals surface area contributed by atoms with E-state index in [1.165, 1.54) is 6.42 Å². The number of aromatic nitrogens is 1. The predicted molar refractivity (Wildman–Crippen MR) is 103 cm³/mol. The van der Waals surface area contributed by atoms with Crippen molar-refractivity contribution in [3.63, 3.8) is 0 Å². The zero-order chi connectivity index (χ0) is 18.3. The quantitative estimate of drug-likeness (QED) is 0.609. The van der Waals surface area contributed by atoms with Gasteiger partial charge in [-0.1, -0.05) is 39.0 Å². The van der Waals surface area contributed by atoms with Crippen LogP contribution in [0.15, 0.2) is 46.0 Å². The zero-order valence-corrected chi connectivity index (χ0v) is 16.0. The molecule has 2 rings (SSSR count). The van der Waals surface area contributed by atoms with Crippen LogP contribution < -0.4 is 10.6 Å². The second-order valence-corrected chi connectivity index (χ2v) is 7.58. The maximum Gasteiger partial charge on any atom is 0.226 e. The van der Waals surface area contributed by atoms with Crippen molar-refractivity contribution in [2.75, 3.05) is 7.05 Å². The Kier molecular flexibility index (Phi) is 6.62. The molecule has 0 fully saturated rings. The maximum absolute atomic E-state index is 5.56. The van der Waals surface area contributed by atoms with Crippen molar-refractivity contribution in [1.82, 2.24) is 15.6 Å². The van der Waals surface area contributed by atoms with Crippen LogP contribution in [0, 0.1) is 5.41 Å². The van der Waals surface area contributed by atoms with Gasteiger partial charge < -0.3 is 15.1 Å². The lowest BCUT2D eigenvalue weighted by atomic mass is 9.89. The average Bonchev–Trinajstić information content (AvgIpc) is 3.06. The van der Waals surface area contributed by atoms with Crippen LogP contribution in [0.1, 0.15) is 46.2 Å².